The molecule has 184 valence electrons. The lowest BCUT2D eigenvalue weighted by Crippen LogP contribution is -2.32. The summed E-state index contributed by atoms with van der Waals surface area (Å²) in [6, 6.07) is 40.2. The molecule has 1 heteroatoms. The average molecular weight is 490 g/mol. The molecule has 0 saturated heterocycles. The molecule has 0 radical (unpaired) electrons. The van der Waals surface area contributed by atoms with Crippen LogP contribution in [0.5, 0.6) is 0 Å². The predicted octanol–water partition coefficient (Wildman–Crippen LogP) is 10.2. The first kappa shape index (κ1) is 22.8. The van der Waals surface area contributed by atoms with Gasteiger partial charge in [-0.15, -0.1) is 0 Å². The zero-order valence-corrected chi connectivity index (χ0v) is 22.0. The molecule has 0 unspecified atom stereocenters. The number of hydrogen-bond donors (Lipinski definition) is 0. The van der Waals surface area contributed by atoms with Gasteiger partial charge in [0.2, 0.25) is 0 Å². The van der Waals surface area contributed by atoms with Gasteiger partial charge < -0.3 is 4.90 Å². The van der Waals surface area contributed by atoms with Gasteiger partial charge in [0.05, 0.1) is 11.4 Å². The van der Waals surface area contributed by atoms with Crippen LogP contribution in [0.1, 0.15) is 37.8 Å². The summed E-state index contributed by atoms with van der Waals surface area (Å²) < 4.78 is 0. The monoisotopic (exact) mass is 489 g/mol. The lowest BCUT2D eigenvalue weighted by Gasteiger charge is -2.43. The maximum absolute atomic E-state index is 2.48. The maximum Gasteiger partial charge on any atom is 0.0508 e. The molecule has 38 heavy (non-hydrogen) atoms. The van der Waals surface area contributed by atoms with Crippen molar-refractivity contribution in [3.63, 3.8) is 0 Å². The van der Waals surface area contributed by atoms with Crippen molar-refractivity contribution in [3.05, 3.63) is 144 Å². The van der Waals surface area contributed by atoms with Gasteiger partial charge in [-0.3, -0.25) is 0 Å². The lowest BCUT2D eigenvalue weighted by molar-refractivity contribution is 0.630. The maximum atomic E-state index is 2.48. The van der Waals surface area contributed by atoms with E-state index in [0.29, 0.717) is 0 Å². The van der Waals surface area contributed by atoms with Crippen molar-refractivity contribution in [2.75, 3.05) is 4.90 Å². The largest absolute Gasteiger partial charge is 0.310 e. The molecule has 0 atom stereocenters. The van der Waals surface area contributed by atoms with E-state index < -0.39 is 0 Å². The molecule has 0 amide bonds. The lowest BCUT2D eigenvalue weighted by atomic mass is 9.73. The van der Waals surface area contributed by atoms with Gasteiger partial charge in [0.25, 0.3) is 0 Å². The zero-order chi connectivity index (χ0) is 25.7. The highest BCUT2D eigenvalue weighted by molar-refractivity contribution is 5.97. The van der Waals surface area contributed by atoms with Crippen molar-refractivity contribution in [3.8, 4) is 22.3 Å². The number of allylic oxidation sites excluding steroid dienone is 3. The van der Waals surface area contributed by atoms with Crippen LogP contribution in [0, 0.1) is 0 Å². The van der Waals surface area contributed by atoms with Gasteiger partial charge in [-0.25, -0.2) is 0 Å². The van der Waals surface area contributed by atoms with Crippen LogP contribution in [0.15, 0.2) is 133 Å². The van der Waals surface area contributed by atoms with Crippen LogP contribution in [0.2, 0.25) is 0 Å². The molecule has 0 N–H and O–H groups in total. The van der Waals surface area contributed by atoms with E-state index in [9.17, 15) is 0 Å². The molecular formula is C37H31N. The van der Waals surface area contributed by atoms with E-state index in [1.807, 2.05) is 0 Å². The molecule has 2 aliphatic rings. The molecular weight excluding hydrogens is 458 g/mol. The van der Waals surface area contributed by atoms with Crippen molar-refractivity contribution < 1.29 is 0 Å². The predicted molar refractivity (Wildman–Crippen MR) is 162 cm³/mol. The second-order valence-corrected chi connectivity index (χ2v) is 10.9. The Labute approximate surface area is 225 Å². The minimum absolute atomic E-state index is 0.0787. The van der Waals surface area contributed by atoms with E-state index in [1.54, 1.807) is 0 Å². The smallest absolute Gasteiger partial charge is 0.0508 e. The number of anilines is 2. The molecule has 1 nitrogen and oxygen atoms in total. The van der Waals surface area contributed by atoms with E-state index in [0.717, 1.165) is 12.8 Å². The van der Waals surface area contributed by atoms with Crippen LogP contribution in [-0.4, -0.2) is 0 Å². The minimum atomic E-state index is -0.0787. The summed E-state index contributed by atoms with van der Waals surface area (Å²) in [7, 11) is 0. The fourth-order valence-electron chi connectivity index (χ4n) is 6.28. The highest BCUT2D eigenvalue weighted by Crippen LogP contribution is 2.51. The Morgan fingerprint density at radius 1 is 0.605 bits per heavy atom. The fraction of sp³-hybridized carbons (Fsp3) is 0.135. The van der Waals surface area contributed by atoms with Gasteiger partial charge in [0.1, 0.15) is 0 Å². The van der Waals surface area contributed by atoms with Gasteiger partial charge in [0, 0.05) is 11.1 Å². The van der Waals surface area contributed by atoms with Crippen LogP contribution >= 0.6 is 0 Å². The van der Waals surface area contributed by atoms with Crippen LogP contribution in [0.4, 0.5) is 11.4 Å². The molecule has 1 aliphatic heterocycles. The Bertz CT molecular complexity index is 1750. The van der Waals surface area contributed by atoms with Crippen molar-refractivity contribution in [2.45, 2.75) is 32.1 Å². The molecule has 0 spiro atoms. The van der Waals surface area contributed by atoms with Crippen molar-refractivity contribution in [2.24, 2.45) is 0 Å². The SMILES string of the molecule is CC1(C)c2ccccc2N(C2=CCCC=C2)c2cc(-c3cccc(-c4cccc5ccccc45)c3)ccc21. The van der Waals surface area contributed by atoms with E-state index in [1.165, 1.54) is 61.2 Å². The first-order chi connectivity index (χ1) is 18.6. The number of fused-ring (bicyclic) bond motifs is 3. The molecule has 0 bridgehead atoms. The summed E-state index contributed by atoms with van der Waals surface area (Å²) in [6.07, 6.45) is 9.16. The number of para-hydroxylation sites is 1. The van der Waals surface area contributed by atoms with Crippen molar-refractivity contribution in [1.29, 1.82) is 0 Å². The Hall–Kier alpha value is -4.36. The molecule has 5 aromatic rings. The van der Waals surface area contributed by atoms with Crippen LogP contribution in [0.25, 0.3) is 33.0 Å². The third-order valence-electron chi connectivity index (χ3n) is 8.26. The molecule has 5 aromatic carbocycles. The van der Waals surface area contributed by atoms with E-state index in [-0.39, 0.29) is 5.41 Å². The second-order valence-electron chi connectivity index (χ2n) is 10.9. The summed E-state index contributed by atoms with van der Waals surface area (Å²) in [5, 5.41) is 2.56. The fourth-order valence-corrected chi connectivity index (χ4v) is 6.28. The van der Waals surface area contributed by atoms with E-state index in [4.69, 9.17) is 0 Å². The Morgan fingerprint density at radius 2 is 1.34 bits per heavy atom. The summed E-state index contributed by atoms with van der Waals surface area (Å²) in [5.41, 5.74) is 11.5. The van der Waals surface area contributed by atoms with Gasteiger partial charge in [0.15, 0.2) is 0 Å². The summed E-state index contributed by atoms with van der Waals surface area (Å²) in [5.74, 6) is 0. The third-order valence-corrected chi connectivity index (χ3v) is 8.26. The molecule has 0 saturated carbocycles. The molecule has 7 rings (SSSR count). The molecule has 0 aromatic heterocycles. The average Bonchev–Trinajstić information content (AvgIpc) is 2.97. The van der Waals surface area contributed by atoms with Gasteiger partial charge >= 0.3 is 0 Å². The van der Waals surface area contributed by atoms with E-state index >= 15 is 0 Å². The van der Waals surface area contributed by atoms with Crippen LogP contribution < -0.4 is 4.90 Å². The van der Waals surface area contributed by atoms with E-state index in [2.05, 4.69) is 146 Å². The molecule has 1 heterocycles. The quantitative estimate of drug-likeness (QED) is 0.244. The standard InChI is InChI=1S/C37H31N/c1-37(2)33-20-8-9-21-35(33)38(30-16-4-3-5-17-30)36-25-28(22-23-34(36)37)27-14-10-15-29(24-27)32-19-11-13-26-12-6-7-18-31(26)32/h4,6-25H,3,5H2,1-2H3. The minimum Gasteiger partial charge on any atom is -0.310 e. The Morgan fingerprint density at radius 3 is 2.24 bits per heavy atom. The van der Waals surface area contributed by atoms with Crippen LogP contribution in [-0.2, 0) is 5.41 Å². The number of nitrogens with zero attached hydrogens (tertiary/aromatic N) is 1. The zero-order valence-electron chi connectivity index (χ0n) is 22.0. The summed E-state index contributed by atoms with van der Waals surface area (Å²) >= 11 is 0. The second kappa shape index (κ2) is 8.89. The van der Waals surface area contributed by atoms with Crippen molar-refractivity contribution in [1.82, 2.24) is 0 Å². The van der Waals surface area contributed by atoms with Gasteiger partial charge in [-0.05, 0) is 81.3 Å². The number of hydrogen-bond acceptors (Lipinski definition) is 1. The Balaban J connectivity index is 1.39. The third kappa shape index (κ3) is 3.62. The molecule has 1 aliphatic carbocycles. The number of benzene rings is 5. The normalized spacial score (nSPS) is 15.6. The van der Waals surface area contributed by atoms with Gasteiger partial charge in [-0.2, -0.15) is 0 Å². The van der Waals surface area contributed by atoms with Crippen molar-refractivity contribution >= 4 is 22.1 Å². The van der Waals surface area contributed by atoms with Crippen LogP contribution in [0.3, 0.4) is 0 Å². The summed E-state index contributed by atoms with van der Waals surface area (Å²) in [6.45, 7) is 4.71. The topological polar surface area (TPSA) is 3.24 Å². The highest BCUT2D eigenvalue weighted by Gasteiger charge is 2.37. The first-order valence-corrected chi connectivity index (χ1v) is 13.6. The number of rotatable bonds is 3. The Kier molecular flexibility index (Phi) is 5.33. The van der Waals surface area contributed by atoms with Gasteiger partial charge in [-0.1, -0.05) is 117 Å². The summed E-state index contributed by atoms with van der Waals surface area (Å²) in [4.78, 5) is 2.48. The highest BCUT2D eigenvalue weighted by atomic mass is 15.2. The molecule has 0 fully saturated rings. The first-order valence-electron chi connectivity index (χ1n) is 13.6.